The first kappa shape index (κ1) is 11.8. The van der Waals surface area contributed by atoms with E-state index < -0.39 is 0 Å². The van der Waals surface area contributed by atoms with Crippen LogP contribution >= 0.6 is 0 Å². The van der Waals surface area contributed by atoms with Crippen molar-refractivity contribution >= 4 is 16.8 Å². The summed E-state index contributed by atoms with van der Waals surface area (Å²) in [7, 11) is 1.70. The molecule has 3 heterocycles. The molecule has 1 aromatic carbocycles. The molecule has 2 aromatic rings. The minimum Gasteiger partial charge on any atom is -0.497 e. The number of benzene rings is 1. The summed E-state index contributed by atoms with van der Waals surface area (Å²) >= 11 is 0. The molecule has 2 aliphatic heterocycles. The van der Waals surface area contributed by atoms with E-state index in [-0.39, 0.29) is 6.04 Å². The largest absolute Gasteiger partial charge is 0.497 e. The van der Waals surface area contributed by atoms with E-state index >= 15 is 0 Å². The number of methoxy groups -OCH3 is 1. The lowest BCUT2D eigenvalue weighted by Gasteiger charge is -2.39. The summed E-state index contributed by atoms with van der Waals surface area (Å²) in [6.45, 7) is 0.848. The normalized spacial score (nSPS) is 21.8. The first-order chi connectivity index (χ1) is 9.78. The van der Waals surface area contributed by atoms with Gasteiger partial charge in [-0.1, -0.05) is 0 Å². The molecule has 0 bridgehead atoms. The average molecular weight is 270 g/mol. The molecule has 1 amide bonds. The summed E-state index contributed by atoms with van der Waals surface area (Å²) in [5.74, 6) is 1.20. The Labute approximate surface area is 117 Å². The van der Waals surface area contributed by atoms with E-state index in [1.165, 1.54) is 16.6 Å². The van der Waals surface area contributed by atoms with E-state index in [2.05, 4.69) is 22.0 Å². The molecule has 4 rings (SSSR count). The van der Waals surface area contributed by atoms with E-state index in [0.29, 0.717) is 12.3 Å². The smallest absolute Gasteiger partial charge is 0.223 e. The zero-order valence-corrected chi connectivity index (χ0v) is 11.6. The monoisotopic (exact) mass is 270 g/mol. The van der Waals surface area contributed by atoms with Crippen molar-refractivity contribution in [2.24, 2.45) is 0 Å². The van der Waals surface area contributed by atoms with Crippen molar-refractivity contribution < 1.29 is 9.53 Å². The maximum absolute atomic E-state index is 12.0. The van der Waals surface area contributed by atoms with Gasteiger partial charge in [-0.3, -0.25) is 4.79 Å². The van der Waals surface area contributed by atoms with Gasteiger partial charge >= 0.3 is 0 Å². The maximum Gasteiger partial charge on any atom is 0.223 e. The van der Waals surface area contributed by atoms with Crippen LogP contribution in [0.15, 0.2) is 18.2 Å². The second-order valence-electron chi connectivity index (χ2n) is 5.67. The average Bonchev–Trinajstić information content (AvgIpc) is 2.85. The zero-order valence-electron chi connectivity index (χ0n) is 11.6. The molecule has 0 spiro atoms. The zero-order chi connectivity index (χ0) is 13.7. The van der Waals surface area contributed by atoms with Crippen LogP contribution in [0.2, 0.25) is 0 Å². The summed E-state index contributed by atoms with van der Waals surface area (Å²) in [6.07, 6.45) is 3.71. The molecule has 1 N–H and O–H groups in total. The van der Waals surface area contributed by atoms with E-state index in [1.807, 2.05) is 6.07 Å². The van der Waals surface area contributed by atoms with Crippen LogP contribution in [0.3, 0.4) is 0 Å². The number of H-pyrrole nitrogens is 1. The number of hydrogen-bond acceptors (Lipinski definition) is 2. The highest BCUT2D eigenvalue weighted by Gasteiger charge is 2.35. The summed E-state index contributed by atoms with van der Waals surface area (Å²) < 4.78 is 5.33. The molecule has 2 aliphatic rings. The first-order valence-corrected chi connectivity index (χ1v) is 7.26. The molecule has 4 heteroatoms. The van der Waals surface area contributed by atoms with E-state index in [0.717, 1.165) is 37.1 Å². The van der Waals surface area contributed by atoms with Crippen LogP contribution in [0, 0.1) is 0 Å². The lowest BCUT2D eigenvalue weighted by molar-refractivity contribution is -0.137. The fourth-order valence-electron chi connectivity index (χ4n) is 3.66. The molecule has 104 valence electrons. The number of aromatic nitrogens is 1. The fourth-order valence-corrected chi connectivity index (χ4v) is 3.66. The number of carbonyl (C=O) groups excluding carboxylic acids is 1. The lowest BCUT2D eigenvalue weighted by atomic mass is 9.90. The van der Waals surface area contributed by atoms with Gasteiger partial charge in [0.05, 0.1) is 13.2 Å². The molecule has 4 nitrogen and oxygen atoms in total. The number of nitrogens with one attached hydrogen (secondary N) is 1. The highest BCUT2D eigenvalue weighted by Crippen LogP contribution is 2.40. The number of fused-ring (bicyclic) bond motifs is 5. The minimum absolute atomic E-state index is 0.249. The Kier molecular flexibility index (Phi) is 2.52. The Morgan fingerprint density at radius 2 is 2.25 bits per heavy atom. The van der Waals surface area contributed by atoms with Crippen molar-refractivity contribution in [2.45, 2.75) is 31.7 Å². The van der Waals surface area contributed by atoms with Crippen LogP contribution in [-0.4, -0.2) is 29.4 Å². The van der Waals surface area contributed by atoms with Crippen molar-refractivity contribution in [1.82, 2.24) is 9.88 Å². The van der Waals surface area contributed by atoms with Crippen LogP contribution in [0.1, 0.15) is 36.6 Å². The van der Waals surface area contributed by atoms with Gasteiger partial charge in [0.15, 0.2) is 0 Å². The molecule has 1 fully saturated rings. The van der Waals surface area contributed by atoms with Crippen LogP contribution in [0.5, 0.6) is 5.75 Å². The Bertz CT molecular complexity index is 689. The number of carbonyl (C=O) groups is 1. The number of ether oxygens (including phenoxy) is 1. The number of hydrogen-bond donors (Lipinski definition) is 1. The van der Waals surface area contributed by atoms with E-state index in [9.17, 15) is 4.79 Å². The number of amides is 1. The third-order valence-corrected chi connectivity index (χ3v) is 4.65. The predicted molar refractivity (Wildman–Crippen MR) is 76.9 cm³/mol. The number of rotatable bonds is 1. The number of nitrogens with zero attached hydrogens (tertiary/aromatic N) is 1. The molecule has 1 aromatic heterocycles. The fraction of sp³-hybridized carbons (Fsp3) is 0.438. The molecule has 0 radical (unpaired) electrons. The van der Waals surface area contributed by atoms with Crippen molar-refractivity contribution in [3.63, 3.8) is 0 Å². The van der Waals surface area contributed by atoms with Crippen molar-refractivity contribution in [2.75, 3.05) is 13.7 Å². The summed E-state index contributed by atoms with van der Waals surface area (Å²) in [5, 5.41) is 1.25. The Hall–Kier alpha value is -1.97. The van der Waals surface area contributed by atoms with Gasteiger partial charge < -0.3 is 14.6 Å². The highest BCUT2D eigenvalue weighted by molar-refractivity contribution is 5.87. The maximum atomic E-state index is 12.0. The molecule has 0 aliphatic carbocycles. The molecule has 1 atom stereocenters. The van der Waals surface area contributed by atoms with Gasteiger partial charge in [-0.15, -0.1) is 0 Å². The van der Waals surface area contributed by atoms with Crippen LogP contribution in [0.4, 0.5) is 0 Å². The Morgan fingerprint density at radius 1 is 1.35 bits per heavy atom. The Morgan fingerprint density at radius 3 is 3.10 bits per heavy atom. The van der Waals surface area contributed by atoms with Gasteiger partial charge in [-0.25, -0.2) is 0 Å². The minimum atomic E-state index is 0.249. The Balaban J connectivity index is 1.86. The molecule has 1 saturated heterocycles. The quantitative estimate of drug-likeness (QED) is 0.866. The van der Waals surface area contributed by atoms with Gasteiger partial charge in [-0.2, -0.15) is 0 Å². The van der Waals surface area contributed by atoms with Crippen LogP contribution in [0.25, 0.3) is 10.9 Å². The van der Waals surface area contributed by atoms with E-state index in [1.54, 1.807) is 7.11 Å². The summed E-state index contributed by atoms with van der Waals surface area (Å²) in [4.78, 5) is 17.6. The van der Waals surface area contributed by atoms with Gasteiger partial charge in [-0.05, 0) is 43.0 Å². The predicted octanol–water partition coefficient (Wildman–Crippen LogP) is 2.79. The van der Waals surface area contributed by atoms with Gasteiger partial charge in [0.1, 0.15) is 5.75 Å². The van der Waals surface area contributed by atoms with Crippen LogP contribution < -0.4 is 4.74 Å². The van der Waals surface area contributed by atoms with Gasteiger partial charge in [0, 0.05) is 29.6 Å². The molecular weight excluding hydrogens is 252 g/mol. The third-order valence-electron chi connectivity index (χ3n) is 4.65. The molecular formula is C16H18N2O2. The molecule has 20 heavy (non-hydrogen) atoms. The van der Waals surface area contributed by atoms with Crippen LogP contribution in [-0.2, 0) is 11.2 Å². The van der Waals surface area contributed by atoms with Crippen molar-refractivity contribution in [3.8, 4) is 5.75 Å². The molecule has 0 saturated carbocycles. The number of aromatic amines is 1. The molecule has 1 unspecified atom stereocenters. The lowest BCUT2D eigenvalue weighted by Crippen LogP contribution is -2.42. The van der Waals surface area contributed by atoms with E-state index in [4.69, 9.17) is 4.74 Å². The standard InChI is InChI=1S/C16H18N2O2/c1-20-10-5-6-13-12(9-10)11-7-8-18-14(16(11)17-13)3-2-4-15(18)19/h5-6,9,14,17H,2-4,7-8H2,1H3. The van der Waals surface area contributed by atoms with Gasteiger partial charge in [0.25, 0.3) is 0 Å². The summed E-state index contributed by atoms with van der Waals surface area (Å²) in [6, 6.07) is 6.40. The second kappa shape index (κ2) is 4.27. The third kappa shape index (κ3) is 1.57. The number of piperidine rings is 1. The van der Waals surface area contributed by atoms with Crippen molar-refractivity contribution in [1.29, 1.82) is 0 Å². The first-order valence-electron chi connectivity index (χ1n) is 7.26. The summed E-state index contributed by atoms with van der Waals surface area (Å²) in [5.41, 5.74) is 3.76. The SMILES string of the molecule is COc1ccc2[nH]c3c(c2c1)CCN1C(=O)CCCC31. The second-order valence-corrected chi connectivity index (χ2v) is 5.67. The highest BCUT2D eigenvalue weighted by atomic mass is 16.5. The topological polar surface area (TPSA) is 45.3 Å². The van der Waals surface area contributed by atoms with Gasteiger partial charge in [0.2, 0.25) is 5.91 Å². The van der Waals surface area contributed by atoms with Crippen molar-refractivity contribution in [3.05, 3.63) is 29.5 Å².